The van der Waals surface area contributed by atoms with Gasteiger partial charge in [-0.05, 0) is 48.7 Å². The molecule has 2 aromatic rings. The lowest BCUT2D eigenvalue weighted by Gasteiger charge is -2.24. The van der Waals surface area contributed by atoms with E-state index < -0.39 is 21.7 Å². The van der Waals surface area contributed by atoms with Crippen LogP contribution in [-0.4, -0.2) is 45.4 Å². The minimum absolute atomic E-state index is 0.0178. The van der Waals surface area contributed by atoms with Crippen molar-refractivity contribution in [1.82, 2.24) is 4.90 Å². The summed E-state index contributed by atoms with van der Waals surface area (Å²) in [4.78, 5) is 16.5. The molecule has 0 saturated carbocycles. The maximum absolute atomic E-state index is 13.9. The molecule has 1 N–H and O–H groups in total. The molecule has 1 saturated heterocycles. The van der Waals surface area contributed by atoms with Crippen molar-refractivity contribution < 1.29 is 22.0 Å². The lowest BCUT2D eigenvalue weighted by Crippen LogP contribution is -2.40. The number of hydrogen-bond donors (Lipinski definition) is 1. The number of carbonyl (C=O) groups is 1. The number of sulfonamides is 1. The summed E-state index contributed by atoms with van der Waals surface area (Å²) in [5.74, 6) is -1.70. The highest BCUT2D eigenvalue weighted by molar-refractivity contribution is 7.92. The zero-order valence-corrected chi connectivity index (χ0v) is 18.3. The van der Waals surface area contributed by atoms with Gasteiger partial charge in [-0.3, -0.25) is 9.52 Å². The van der Waals surface area contributed by atoms with Crippen molar-refractivity contribution in [2.45, 2.75) is 37.0 Å². The summed E-state index contributed by atoms with van der Waals surface area (Å²) in [5, 5.41) is 0. The molecule has 2 aliphatic heterocycles. The van der Waals surface area contributed by atoms with Gasteiger partial charge in [0.15, 0.2) is 0 Å². The molecule has 2 aliphatic rings. The van der Waals surface area contributed by atoms with Crippen LogP contribution in [0.25, 0.3) is 0 Å². The van der Waals surface area contributed by atoms with Crippen LogP contribution in [0.15, 0.2) is 41.3 Å². The lowest BCUT2D eigenvalue weighted by molar-refractivity contribution is -0.128. The Balaban J connectivity index is 1.60. The van der Waals surface area contributed by atoms with Crippen molar-refractivity contribution >= 4 is 27.3 Å². The van der Waals surface area contributed by atoms with E-state index in [9.17, 15) is 22.0 Å². The Hall–Kier alpha value is -2.68. The maximum Gasteiger partial charge on any atom is 0.261 e. The van der Waals surface area contributed by atoms with Gasteiger partial charge < -0.3 is 9.80 Å². The Kier molecular flexibility index (Phi) is 5.41. The molecule has 2 aromatic carbocycles. The molecule has 1 amide bonds. The van der Waals surface area contributed by atoms with E-state index in [0.29, 0.717) is 12.6 Å². The first-order valence-electron chi connectivity index (χ1n) is 10.2. The Bertz CT molecular complexity index is 1130. The summed E-state index contributed by atoms with van der Waals surface area (Å²) < 4.78 is 54.9. The number of anilines is 2. The summed E-state index contributed by atoms with van der Waals surface area (Å²) >= 11 is 0. The fourth-order valence-corrected chi connectivity index (χ4v) is 5.39. The van der Waals surface area contributed by atoms with E-state index in [2.05, 4.69) is 4.72 Å². The molecule has 1 fully saturated rings. The molecule has 0 aliphatic carbocycles. The molecule has 6 nitrogen and oxygen atoms in total. The summed E-state index contributed by atoms with van der Waals surface area (Å²) in [6.45, 7) is 6.40. The van der Waals surface area contributed by atoms with Gasteiger partial charge in [-0.1, -0.05) is 13.8 Å². The van der Waals surface area contributed by atoms with E-state index in [1.807, 2.05) is 23.6 Å². The van der Waals surface area contributed by atoms with E-state index >= 15 is 0 Å². The van der Waals surface area contributed by atoms with Crippen LogP contribution < -0.4 is 9.62 Å². The largest absolute Gasteiger partial charge is 0.361 e. The van der Waals surface area contributed by atoms with Crippen LogP contribution >= 0.6 is 0 Å². The number of rotatable bonds is 5. The first kappa shape index (κ1) is 21.5. The smallest absolute Gasteiger partial charge is 0.261 e. The fourth-order valence-electron chi connectivity index (χ4n) is 4.29. The Morgan fingerprint density at radius 3 is 2.48 bits per heavy atom. The third-order valence-electron chi connectivity index (χ3n) is 5.89. The molecule has 31 heavy (non-hydrogen) atoms. The number of benzene rings is 2. The topological polar surface area (TPSA) is 69.7 Å². The highest BCUT2D eigenvalue weighted by Gasteiger charge is 2.37. The molecular formula is C22H25F2N3O3S. The Morgan fingerprint density at radius 1 is 1.10 bits per heavy atom. The first-order valence-corrected chi connectivity index (χ1v) is 11.7. The highest BCUT2D eigenvalue weighted by Crippen LogP contribution is 2.41. The fraction of sp³-hybridized carbons (Fsp3) is 0.409. The molecule has 4 rings (SSSR count). The normalized spacial score (nSPS) is 17.7. The van der Waals surface area contributed by atoms with E-state index in [1.54, 1.807) is 12.1 Å². The monoisotopic (exact) mass is 449 g/mol. The van der Waals surface area contributed by atoms with Crippen LogP contribution in [0.1, 0.15) is 32.3 Å². The van der Waals surface area contributed by atoms with E-state index in [0.717, 1.165) is 49.3 Å². The van der Waals surface area contributed by atoms with Gasteiger partial charge in [0.05, 0.1) is 17.1 Å². The molecule has 2 heterocycles. The van der Waals surface area contributed by atoms with E-state index in [-0.39, 0.29) is 28.4 Å². The zero-order valence-electron chi connectivity index (χ0n) is 17.5. The first-order chi connectivity index (χ1) is 14.6. The van der Waals surface area contributed by atoms with Crippen LogP contribution in [0.2, 0.25) is 0 Å². The Labute approximate surface area is 180 Å². The second-order valence-electron chi connectivity index (χ2n) is 8.74. The second-order valence-corrected chi connectivity index (χ2v) is 10.4. The quantitative estimate of drug-likeness (QED) is 0.759. The van der Waals surface area contributed by atoms with Crippen LogP contribution in [0.5, 0.6) is 0 Å². The third-order valence-corrected chi connectivity index (χ3v) is 7.26. The van der Waals surface area contributed by atoms with Gasteiger partial charge in [0.25, 0.3) is 10.0 Å². The van der Waals surface area contributed by atoms with Crippen LogP contribution in [0, 0.1) is 11.6 Å². The standard InChI is InChI=1S/C22H25F2N3O3S/c1-22(2)14-27(13-21(28)26-9-3-4-10-26)20-8-6-16(12-17(20)22)31(29,30)25-19-7-5-15(23)11-18(19)24/h5-8,11-12,25H,3-4,9-10,13-14H2,1-2H3. The van der Waals surface area contributed by atoms with Gasteiger partial charge in [0, 0.05) is 36.8 Å². The molecule has 0 radical (unpaired) electrons. The second kappa shape index (κ2) is 7.78. The average Bonchev–Trinajstić information content (AvgIpc) is 3.31. The predicted octanol–water partition coefficient (Wildman–Crippen LogP) is 3.49. The number of nitrogens with one attached hydrogen (secondary N) is 1. The summed E-state index contributed by atoms with van der Waals surface area (Å²) in [7, 11) is -4.08. The number of amides is 1. The van der Waals surface area contributed by atoms with Gasteiger partial charge in [0.1, 0.15) is 11.6 Å². The van der Waals surface area contributed by atoms with Crippen molar-refractivity contribution in [2.24, 2.45) is 0 Å². The maximum atomic E-state index is 13.9. The minimum Gasteiger partial charge on any atom is -0.361 e. The van der Waals surface area contributed by atoms with E-state index in [4.69, 9.17) is 0 Å². The van der Waals surface area contributed by atoms with Crippen LogP contribution in [-0.2, 0) is 20.2 Å². The molecule has 0 bridgehead atoms. The van der Waals surface area contributed by atoms with Crippen molar-refractivity contribution in [3.63, 3.8) is 0 Å². The molecule has 0 unspecified atom stereocenters. The number of fused-ring (bicyclic) bond motifs is 1. The van der Waals surface area contributed by atoms with Crippen LogP contribution in [0.4, 0.5) is 20.2 Å². The van der Waals surface area contributed by atoms with Gasteiger partial charge in [0.2, 0.25) is 5.91 Å². The summed E-state index contributed by atoms with van der Waals surface area (Å²) in [6, 6.07) is 7.36. The predicted molar refractivity (Wildman–Crippen MR) is 115 cm³/mol. The SMILES string of the molecule is CC1(C)CN(CC(=O)N2CCCC2)c2ccc(S(=O)(=O)Nc3ccc(F)cc3F)cc21. The molecule has 0 aromatic heterocycles. The minimum atomic E-state index is -4.08. The van der Waals surface area contributed by atoms with Gasteiger partial charge in [-0.15, -0.1) is 0 Å². The average molecular weight is 450 g/mol. The van der Waals surface area contributed by atoms with Crippen LogP contribution in [0.3, 0.4) is 0 Å². The van der Waals surface area contributed by atoms with Crippen molar-refractivity contribution in [3.8, 4) is 0 Å². The van der Waals surface area contributed by atoms with Gasteiger partial charge >= 0.3 is 0 Å². The molecule has 0 spiro atoms. The number of likely N-dealkylation sites (tertiary alicyclic amines) is 1. The molecular weight excluding hydrogens is 424 g/mol. The number of nitrogens with zero attached hydrogens (tertiary/aromatic N) is 2. The van der Waals surface area contributed by atoms with Gasteiger partial charge in [-0.2, -0.15) is 0 Å². The lowest BCUT2D eigenvalue weighted by atomic mass is 9.87. The highest BCUT2D eigenvalue weighted by atomic mass is 32.2. The van der Waals surface area contributed by atoms with Gasteiger partial charge in [-0.25, -0.2) is 17.2 Å². The molecule has 166 valence electrons. The zero-order chi connectivity index (χ0) is 22.4. The van der Waals surface area contributed by atoms with Crippen molar-refractivity contribution in [1.29, 1.82) is 0 Å². The molecule has 0 atom stereocenters. The number of hydrogen-bond acceptors (Lipinski definition) is 4. The van der Waals surface area contributed by atoms with Crippen molar-refractivity contribution in [3.05, 3.63) is 53.6 Å². The number of halogens is 2. The third kappa shape index (κ3) is 4.23. The summed E-state index contributed by atoms with van der Waals surface area (Å²) in [5.41, 5.74) is 0.945. The molecule has 9 heteroatoms. The summed E-state index contributed by atoms with van der Waals surface area (Å²) in [6.07, 6.45) is 2.05. The number of carbonyl (C=O) groups excluding carboxylic acids is 1. The van der Waals surface area contributed by atoms with E-state index in [1.165, 1.54) is 6.07 Å². The van der Waals surface area contributed by atoms with Crippen molar-refractivity contribution in [2.75, 3.05) is 35.8 Å². The Morgan fingerprint density at radius 2 is 1.81 bits per heavy atom.